The molecule has 3 rings (SSSR count). The predicted octanol–water partition coefficient (Wildman–Crippen LogP) is 3.53. The van der Waals surface area contributed by atoms with Gasteiger partial charge in [-0.2, -0.15) is 0 Å². The van der Waals surface area contributed by atoms with Crippen molar-refractivity contribution in [2.45, 2.75) is 6.92 Å². The second-order valence-electron chi connectivity index (χ2n) is 5.68. The SMILES string of the molecule is COCC(=O)Nc1ccc2c(Nc3cc(O)c(C)cc3F)ncnc2c1.Cl. The molecule has 9 heteroatoms. The maximum atomic E-state index is 14.1. The average molecular weight is 393 g/mol. The number of rotatable bonds is 5. The first-order valence-electron chi connectivity index (χ1n) is 7.77. The number of aryl methyl sites for hydroxylation is 1. The summed E-state index contributed by atoms with van der Waals surface area (Å²) in [5.41, 5.74) is 1.67. The number of halogens is 2. The van der Waals surface area contributed by atoms with Crippen LogP contribution in [0.25, 0.3) is 10.9 Å². The predicted molar refractivity (Wildman–Crippen MR) is 103 cm³/mol. The van der Waals surface area contributed by atoms with Crippen LogP contribution in [0, 0.1) is 12.7 Å². The van der Waals surface area contributed by atoms with Gasteiger partial charge < -0.3 is 20.5 Å². The molecule has 0 aliphatic carbocycles. The molecule has 3 aromatic rings. The first-order chi connectivity index (χ1) is 12.5. The summed E-state index contributed by atoms with van der Waals surface area (Å²) in [6, 6.07) is 7.63. The quantitative estimate of drug-likeness (QED) is 0.614. The number of carbonyl (C=O) groups is 1. The normalized spacial score (nSPS) is 10.3. The van der Waals surface area contributed by atoms with E-state index in [9.17, 15) is 14.3 Å². The fourth-order valence-electron chi connectivity index (χ4n) is 2.45. The molecule has 142 valence electrons. The standard InChI is InChI=1S/C18H17FN4O3.ClH/c1-10-5-13(19)15(7-16(10)24)23-18-12-4-3-11(22-17(25)8-26-2)6-14(12)20-9-21-18;/h3-7,9,24H,8H2,1-2H3,(H,22,25)(H,20,21,23);1H. The molecule has 1 amide bonds. The van der Waals surface area contributed by atoms with Crippen LogP contribution < -0.4 is 10.6 Å². The van der Waals surface area contributed by atoms with Gasteiger partial charge in [-0.15, -0.1) is 12.4 Å². The minimum Gasteiger partial charge on any atom is -0.508 e. The minimum atomic E-state index is -0.504. The van der Waals surface area contributed by atoms with Crippen molar-refractivity contribution in [1.29, 1.82) is 0 Å². The molecule has 0 saturated carbocycles. The Morgan fingerprint density at radius 1 is 1.26 bits per heavy atom. The van der Waals surface area contributed by atoms with Crippen molar-refractivity contribution in [3.63, 3.8) is 0 Å². The third-order valence-electron chi connectivity index (χ3n) is 3.73. The third-order valence-corrected chi connectivity index (χ3v) is 3.73. The Kier molecular flexibility index (Phi) is 6.49. The number of phenols is 1. The maximum Gasteiger partial charge on any atom is 0.250 e. The molecule has 0 fully saturated rings. The lowest BCUT2D eigenvalue weighted by Gasteiger charge is -2.11. The van der Waals surface area contributed by atoms with Crippen LogP contribution >= 0.6 is 12.4 Å². The fourth-order valence-corrected chi connectivity index (χ4v) is 2.45. The highest BCUT2D eigenvalue weighted by Gasteiger charge is 2.11. The summed E-state index contributed by atoms with van der Waals surface area (Å²) in [4.78, 5) is 19.9. The number of phenolic OH excluding ortho intramolecular Hbond substituents is 1. The molecule has 1 heterocycles. The highest BCUT2D eigenvalue weighted by Crippen LogP contribution is 2.30. The summed E-state index contributed by atoms with van der Waals surface area (Å²) in [6.45, 7) is 1.56. The summed E-state index contributed by atoms with van der Waals surface area (Å²) < 4.78 is 18.9. The lowest BCUT2D eigenvalue weighted by molar-refractivity contribution is -0.119. The number of carbonyl (C=O) groups excluding carboxylic acids is 1. The maximum absolute atomic E-state index is 14.1. The van der Waals surface area contributed by atoms with Gasteiger partial charge in [-0.05, 0) is 36.8 Å². The molecule has 0 atom stereocenters. The zero-order valence-electron chi connectivity index (χ0n) is 14.6. The van der Waals surface area contributed by atoms with Crippen LogP contribution in [0.3, 0.4) is 0 Å². The molecule has 0 saturated heterocycles. The molecule has 0 aliphatic heterocycles. The molecule has 0 unspecified atom stereocenters. The van der Waals surface area contributed by atoms with Gasteiger partial charge in [-0.3, -0.25) is 4.79 Å². The number of hydrogen-bond donors (Lipinski definition) is 3. The fraction of sp³-hybridized carbons (Fsp3) is 0.167. The molecule has 1 aromatic heterocycles. The Balaban J connectivity index is 0.00000261. The smallest absolute Gasteiger partial charge is 0.250 e. The van der Waals surface area contributed by atoms with Crippen LogP contribution in [0.4, 0.5) is 21.6 Å². The van der Waals surface area contributed by atoms with Crippen molar-refractivity contribution in [3.05, 3.63) is 48.0 Å². The number of aromatic hydroxyl groups is 1. The molecule has 3 N–H and O–H groups in total. The van der Waals surface area contributed by atoms with E-state index in [-0.39, 0.29) is 36.4 Å². The summed E-state index contributed by atoms with van der Waals surface area (Å²) >= 11 is 0. The lowest BCUT2D eigenvalue weighted by atomic mass is 10.1. The van der Waals surface area contributed by atoms with Gasteiger partial charge in [0.2, 0.25) is 5.91 Å². The van der Waals surface area contributed by atoms with Gasteiger partial charge in [0, 0.05) is 24.2 Å². The van der Waals surface area contributed by atoms with Crippen LogP contribution in [0.2, 0.25) is 0 Å². The largest absolute Gasteiger partial charge is 0.508 e. The van der Waals surface area contributed by atoms with E-state index < -0.39 is 5.82 Å². The van der Waals surface area contributed by atoms with Crippen LogP contribution in [0.5, 0.6) is 5.75 Å². The van der Waals surface area contributed by atoms with Crippen LogP contribution in [-0.4, -0.2) is 34.7 Å². The van der Waals surface area contributed by atoms with Crippen LogP contribution in [0.1, 0.15) is 5.56 Å². The lowest BCUT2D eigenvalue weighted by Crippen LogP contribution is -2.17. The van der Waals surface area contributed by atoms with E-state index in [1.54, 1.807) is 25.1 Å². The molecular formula is C18H18ClFN4O3. The number of fused-ring (bicyclic) bond motifs is 1. The number of benzene rings is 2. The molecule has 0 bridgehead atoms. The van der Waals surface area contributed by atoms with E-state index in [4.69, 9.17) is 4.74 Å². The molecule has 0 aliphatic rings. The number of methoxy groups -OCH3 is 1. The Morgan fingerprint density at radius 3 is 2.78 bits per heavy atom. The van der Waals surface area contributed by atoms with Crippen molar-refractivity contribution < 1.29 is 19.0 Å². The number of nitrogens with zero attached hydrogens (tertiary/aromatic N) is 2. The Bertz CT molecular complexity index is 984. The number of aromatic nitrogens is 2. The van der Waals surface area contributed by atoms with Gasteiger partial charge in [0.1, 0.15) is 30.3 Å². The molecular weight excluding hydrogens is 375 g/mol. The zero-order chi connectivity index (χ0) is 18.7. The summed E-state index contributed by atoms with van der Waals surface area (Å²) in [7, 11) is 1.44. The Hall–Kier alpha value is -2.97. The van der Waals surface area contributed by atoms with Crippen molar-refractivity contribution >= 4 is 46.4 Å². The van der Waals surface area contributed by atoms with E-state index in [0.29, 0.717) is 28.0 Å². The zero-order valence-corrected chi connectivity index (χ0v) is 15.4. The van der Waals surface area contributed by atoms with Crippen molar-refractivity contribution in [1.82, 2.24) is 9.97 Å². The van der Waals surface area contributed by atoms with Gasteiger partial charge in [0.25, 0.3) is 0 Å². The number of ether oxygens (including phenoxy) is 1. The van der Waals surface area contributed by atoms with E-state index in [1.807, 2.05) is 0 Å². The van der Waals surface area contributed by atoms with Crippen molar-refractivity contribution in [2.75, 3.05) is 24.4 Å². The van der Waals surface area contributed by atoms with Crippen molar-refractivity contribution in [3.8, 4) is 5.75 Å². The Labute approximate surface area is 161 Å². The van der Waals surface area contributed by atoms with Gasteiger partial charge in [-0.1, -0.05) is 0 Å². The second kappa shape index (κ2) is 8.61. The number of amides is 1. The molecule has 0 spiro atoms. The van der Waals surface area contributed by atoms with Gasteiger partial charge in [0.05, 0.1) is 11.2 Å². The first kappa shape index (κ1) is 20.3. The van der Waals surface area contributed by atoms with Crippen LogP contribution in [-0.2, 0) is 9.53 Å². The molecule has 7 nitrogen and oxygen atoms in total. The monoisotopic (exact) mass is 392 g/mol. The van der Waals surface area contributed by atoms with Gasteiger partial charge in [0.15, 0.2) is 0 Å². The third kappa shape index (κ3) is 4.60. The summed E-state index contributed by atoms with van der Waals surface area (Å²) in [5, 5.41) is 16.0. The summed E-state index contributed by atoms with van der Waals surface area (Å²) in [6.07, 6.45) is 1.33. The summed E-state index contributed by atoms with van der Waals surface area (Å²) in [5.74, 6) is -0.422. The molecule has 0 radical (unpaired) electrons. The highest BCUT2D eigenvalue weighted by atomic mass is 35.5. The van der Waals surface area contributed by atoms with Crippen molar-refractivity contribution in [2.24, 2.45) is 0 Å². The molecule has 2 aromatic carbocycles. The van der Waals surface area contributed by atoms with E-state index >= 15 is 0 Å². The van der Waals surface area contributed by atoms with Crippen LogP contribution in [0.15, 0.2) is 36.7 Å². The minimum absolute atomic E-state index is 0. The van der Waals surface area contributed by atoms with Gasteiger partial charge in [-0.25, -0.2) is 14.4 Å². The number of anilines is 3. The second-order valence-corrected chi connectivity index (χ2v) is 5.68. The topological polar surface area (TPSA) is 96.4 Å². The number of nitrogens with one attached hydrogen (secondary N) is 2. The first-order valence-corrected chi connectivity index (χ1v) is 7.77. The average Bonchev–Trinajstić information content (AvgIpc) is 2.60. The Morgan fingerprint density at radius 2 is 2.04 bits per heavy atom. The number of hydrogen-bond acceptors (Lipinski definition) is 6. The molecule has 27 heavy (non-hydrogen) atoms. The van der Waals surface area contributed by atoms with E-state index in [0.717, 1.165) is 0 Å². The van der Waals surface area contributed by atoms with E-state index in [2.05, 4.69) is 20.6 Å². The highest BCUT2D eigenvalue weighted by molar-refractivity contribution is 5.97. The van der Waals surface area contributed by atoms with Gasteiger partial charge >= 0.3 is 0 Å². The van der Waals surface area contributed by atoms with E-state index in [1.165, 1.54) is 25.6 Å².